The van der Waals surface area contributed by atoms with Crippen molar-refractivity contribution in [2.24, 2.45) is 5.92 Å². The van der Waals surface area contributed by atoms with Gasteiger partial charge < -0.3 is 14.7 Å². The summed E-state index contributed by atoms with van der Waals surface area (Å²) in [5.74, 6) is -2.31. The molecule has 1 unspecified atom stereocenters. The van der Waals surface area contributed by atoms with Gasteiger partial charge in [0.05, 0.1) is 12.2 Å². The molecule has 0 radical (unpaired) electrons. The van der Waals surface area contributed by atoms with Crippen LogP contribution in [0, 0.1) is 11.7 Å². The molecule has 7 heteroatoms. The molecule has 0 saturated carbocycles. The van der Waals surface area contributed by atoms with Crippen molar-refractivity contribution < 1.29 is 23.8 Å². The lowest BCUT2D eigenvalue weighted by molar-refractivity contribution is -0.146. The highest BCUT2D eigenvalue weighted by atomic mass is 35.5. The number of carbonyl (C=O) groups is 2. The van der Waals surface area contributed by atoms with E-state index in [1.54, 1.807) is 19.1 Å². The molecule has 2 aromatic rings. The normalized spacial score (nSPS) is 17.2. The molecule has 5 nitrogen and oxygen atoms in total. The number of ketones is 1. The Hall–Kier alpha value is -2.28. The number of likely N-dealkylation sites (tertiary alicyclic amines) is 1. The average Bonchev–Trinajstić information content (AvgIpc) is 2.76. The van der Waals surface area contributed by atoms with Crippen LogP contribution in [-0.4, -0.2) is 48.0 Å². The Kier molecular flexibility index (Phi) is 7.81. The molecular weight excluding hydrogens is 421 g/mol. The van der Waals surface area contributed by atoms with E-state index < -0.39 is 23.3 Å². The summed E-state index contributed by atoms with van der Waals surface area (Å²) in [6.45, 7) is 3.68. The van der Waals surface area contributed by atoms with Crippen molar-refractivity contribution in [3.63, 3.8) is 0 Å². The first kappa shape index (κ1) is 23.4. The van der Waals surface area contributed by atoms with E-state index in [9.17, 15) is 19.1 Å². The fourth-order valence-corrected chi connectivity index (χ4v) is 4.05. The number of nitrogens with zero attached hydrogens (tertiary/aromatic N) is 1. The van der Waals surface area contributed by atoms with Gasteiger partial charge in [0.15, 0.2) is 5.78 Å². The number of esters is 1. The lowest BCUT2D eigenvalue weighted by Gasteiger charge is -2.38. The van der Waals surface area contributed by atoms with Crippen molar-refractivity contribution in [1.29, 1.82) is 0 Å². The van der Waals surface area contributed by atoms with Crippen molar-refractivity contribution in [3.05, 3.63) is 70.5 Å². The van der Waals surface area contributed by atoms with Crippen LogP contribution in [0.25, 0.3) is 0 Å². The van der Waals surface area contributed by atoms with Crippen molar-refractivity contribution in [2.45, 2.75) is 31.8 Å². The summed E-state index contributed by atoms with van der Waals surface area (Å²) in [5, 5.41) is 11.6. The van der Waals surface area contributed by atoms with Crippen LogP contribution in [0.3, 0.4) is 0 Å². The molecule has 1 aliphatic heterocycles. The second kappa shape index (κ2) is 10.4. The summed E-state index contributed by atoms with van der Waals surface area (Å²) in [4.78, 5) is 27.4. The van der Waals surface area contributed by atoms with E-state index in [0.29, 0.717) is 43.9 Å². The second-order valence-corrected chi connectivity index (χ2v) is 8.28. The van der Waals surface area contributed by atoms with Gasteiger partial charge in [-0.15, -0.1) is 0 Å². The number of carbonyl (C=O) groups excluding carboxylic acids is 2. The van der Waals surface area contributed by atoms with Crippen LogP contribution in [0.2, 0.25) is 5.02 Å². The molecular formula is C24H27ClFNO4. The molecule has 0 aliphatic carbocycles. The van der Waals surface area contributed by atoms with Gasteiger partial charge in [-0.1, -0.05) is 23.7 Å². The average molecular weight is 448 g/mol. The summed E-state index contributed by atoms with van der Waals surface area (Å²) in [7, 11) is 0. The van der Waals surface area contributed by atoms with Gasteiger partial charge in [-0.05, 0) is 74.7 Å². The van der Waals surface area contributed by atoms with E-state index in [-0.39, 0.29) is 18.0 Å². The Morgan fingerprint density at radius 2 is 1.74 bits per heavy atom. The van der Waals surface area contributed by atoms with Gasteiger partial charge in [-0.3, -0.25) is 9.59 Å². The van der Waals surface area contributed by atoms with Crippen LogP contribution in [-0.2, 0) is 15.1 Å². The Morgan fingerprint density at radius 1 is 1.13 bits per heavy atom. The number of ether oxygens (including phenoxy) is 1. The number of hydrogen-bond acceptors (Lipinski definition) is 5. The smallest absolute Gasteiger partial charge is 0.316 e. The van der Waals surface area contributed by atoms with Gasteiger partial charge in [-0.2, -0.15) is 0 Å². The van der Waals surface area contributed by atoms with Gasteiger partial charge in [0.2, 0.25) is 0 Å². The van der Waals surface area contributed by atoms with Gasteiger partial charge in [0.25, 0.3) is 0 Å². The minimum absolute atomic E-state index is 0.184. The van der Waals surface area contributed by atoms with Crippen LogP contribution < -0.4 is 0 Å². The number of piperidine rings is 1. The molecule has 0 spiro atoms. The third kappa shape index (κ3) is 5.91. The van der Waals surface area contributed by atoms with Crippen molar-refractivity contribution in [1.82, 2.24) is 4.90 Å². The van der Waals surface area contributed by atoms with Crippen molar-refractivity contribution >= 4 is 23.4 Å². The van der Waals surface area contributed by atoms with Crippen LogP contribution in [0.15, 0.2) is 48.5 Å². The maximum atomic E-state index is 13.2. The predicted molar refractivity (Wildman–Crippen MR) is 116 cm³/mol. The lowest BCUT2D eigenvalue weighted by Crippen LogP contribution is -2.43. The first-order chi connectivity index (χ1) is 14.8. The Labute approximate surface area is 186 Å². The molecule has 166 valence electrons. The molecule has 1 aliphatic rings. The third-order valence-electron chi connectivity index (χ3n) is 5.82. The maximum Gasteiger partial charge on any atom is 0.316 e. The number of halogens is 2. The fourth-order valence-electron chi connectivity index (χ4n) is 3.92. The van der Waals surface area contributed by atoms with Gasteiger partial charge in [0, 0.05) is 23.7 Å². The zero-order chi connectivity index (χ0) is 22.4. The Bertz CT molecular complexity index is 893. The van der Waals surface area contributed by atoms with E-state index in [1.807, 2.05) is 12.1 Å². The summed E-state index contributed by atoms with van der Waals surface area (Å²) in [6.07, 6.45) is 1.39. The quantitative estimate of drug-likeness (QED) is 0.373. The fraction of sp³-hybridized carbons (Fsp3) is 0.417. The number of benzene rings is 2. The Morgan fingerprint density at radius 3 is 2.32 bits per heavy atom. The molecule has 1 saturated heterocycles. The molecule has 1 fully saturated rings. The van der Waals surface area contributed by atoms with Crippen LogP contribution in [0.4, 0.5) is 4.39 Å². The zero-order valence-electron chi connectivity index (χ0n) is 17.5. The predicted octanol–water partition coefficient (Wildman–Crippen LogP) is 4.21. The highest BCUT2D eigenvalue weighted by Gasteiger charge is 2.35. The third-order valence-corrected chi connectivity index (χ3v) is 6.07. The minimum Gasteiger partial charge on any atom is -0.465 e. The summed E-state index contributed by atoms with van der Waals surface area (Å²) < 4.78 is 18.3. The molecule has 1 N–H and O–H groups in total. The molecule has 1 heterocycles. The number of aliphatic hydroxyl groups is 1. The lowest BCUT2D eigenvalue weighted by atomic mass is 9.84. The maximum absolute atomic E-state index is 13.2. The molecule has 0 amide bonds. The Balaban J connectivity index is 1.61. The highest BCUT2D eigenvalue weighted by Crippen LogP contribution is 2.33. The van der Waals surface area contributed by atoms with Crippen LogP contribution >= 0.6 is 11.6 Å². The number of Topliss-reactive ketones (excluding diaryl/α,β-unsaturated/α-hetero) is 1. The van der Waals surface area contributed by atoms with Crippen molar-refractivity contribution in [3.8, 4) is 0 Å². The molecule has 0 aromatic heterocycles. The SMILES string of the molecule is CCOC(=O)C(CCN1CCC(O)(c2ccc(Cl)cc2)CC1)C(=O)c1ccc(F)cc1. The summed E-state index contributed by atoms with van der Waals surface area (Å²) in [6, 6.07) is 12.4. The van der Waals surface area contributed by atoms with Crippen LogP contribution in [0.1, 0.15) is 42.1 Å². The summed E-state index contributed by atoms with van der Waals surface area (Å²) in [5.41, 5.74) is 0.216. The van der Waals surface area contributed by atoms with Crippen molar-refractivity contribution in [2.75, 3.05) is 26.2 Å². The van der Waals surface area contributed by atoms with E-state index in [1.165, 1.54) is 24.3 Å². The monoisotopic (exact) mass is 447 g/mol. The standard InChI is InChI=1S/C24H27ClFNO4/c1-2-31-23(29)21(22(28)17-3-9-20(26)10-4-17)11-14-27-15-12-24(30,13-16-27)18-5-7-19(25)8-6-18/h3-10,21,30H,2,11-16H2,1H3. The van der Waals surface area contributed by atoms with E-state index in [0.717, 1.165) is 5.56 Å². The zero-order valence-corrected chi connectivity index (χ0v) is 18.3. The number of rotatable bonds is 8. The first-order valence-corrected chi connectivity index (χ1v) is 10.9. The largest absolute Gasteiger partial charge is 0.465 e. The number of hydrogen-bond donors (Lipinski definition) is 1. The van der Waals surface area contributed by atoms with Gasteiger partial charge >= 0.3 is 5.97 Å². The van der Waals surface area contributed by atoms with Crippen LogP contribution in [0.5, 0.6) is 0 Å². The van der Waals surface area contributed by atoms with Gasteiger partial charge in [0.1, 0.15) is 11.7 Å². The summed E-state index contributed by atoms with van der Waals surface area (Å²) >= 11 is 5.94. The molecule has 31 heavy (non-hydrogen) atoms. The van der Waals surface area contributed by atoms with E-state index in [4.69, 9.17) is 16.3 Å². The molecule has 3 rings (SSSR count). The van der Waals surface area contributed by atoms with E-state index >= 15 is 0 Å². The molecule has 2 aromatic carbocycles. The van der Waals surface area contributed by atoms with Gasteiger partial charge in [-0.25, -0.2) is 4.39 Å². The van der Waals surface area contributed by atoms with E-state index in [2.05, 4.69) is 4.90 Å². The second-order valence-electron chi connectivity index (χ2n) is 7.84. The highest BCUT2D eigenvalue weighted by molar-refractivity contribution is 6.30. The topological polar surface area (TPSA) is 66.8 Å². The minimum atomic E-state index is -0.942. The molecule has 1 atom stereocenters. The first-order valence-electron chi connectivity index (χ1n) is 10.5. The molecule has 0 bridgehead atoms.